The number of carbonyl (C=O) groups excluding carboxylic acids is 1. The molecule has 27 heavy (non-hydrogen) atoms. The van der Waals surface area contributed by atoms with Gasteiger partial charge in [-0.05, 0) is 56.5 Å². The number of anilines is 1. The zero-order valence-corrected chi connectivity index (χ0v) is 14.9. The number of hydrazone groups is 1. The molecule has 1 fully saturated rings. The molecular formula is C20H20F3N3O. The van der Waals surface area contributed by atoms with E-state index in [4.69, 9.17) is 0 Å². The Morgan fingerprint density at radius 1 is 0.926 bits per heavy atom. The Balaban J connectivity index is 1.70. The van der Waals surface area contributed by atoms with Gasteiger partial charge in [0.15, 0.2) is 11.6 Å². The van der Waals surface area contributed by atoms with E-state index in [0.717, 1.165) is 44.1 Å². The van der Waals surface area contributed by atoms with E-state index in [-0.39, 0.29) is 11.4 Å². The Bertz CT molecular complexity index is 877. The normalized spacial score (nSPS) is 15.0. The van der Waals surface area contributed by atoms with Crippen LogP contribution in [0, 0.1) is 17.5 Å². The molecule has 142 valence electrons. The number of carbonyl (C=O) groups is 1. The fourth-order valence-corrected chi connectivity index (χ4v) is 3.02. The number of hydrogen-bond donors (Lipinski definition) is 1. The maximum atomic E-state index is 14.5. The number of amides is 1. The van der Waals surface area contributed by atoms with Gasteiger partial charge in [-0.3, -0.25) is 4.79 Å². The molecule has 7 heteroatoms. The molecule has 4 nitrogen and oxygen atoms in total. The molecule has 0 saturated carbocycles. The van der Waals surface area contributed by atoms with Crippen LogP contribution in [0.25, 0.3) is 0 Å². The van der Waals surface area contributed by atoms with Crippen LogP contribution in [-0.2, 0) is 0 Å². The summed E-state index contributed by atoms with van der Waals surface area (Å²) in [5, 5.41) is 3.93. The van der Waals surface area contributed by atoms with Gasteiger partial charge in [0.2, 0.25) is 0 Å². The average Bonchev–Trinajstić information content (AvgIpc) is 2.68. The van der Waals surface area contributed by atoms with Crippen LogP contribution in [0.1, 0.15) is 42.1 Å². The van der Waals surface area contributed by atoms with Crippen molar-refractivity contribution in [1.82, 2.24) is 5.43 Å². The zero-order valence-electron chi connectivity index (χ0n) is 14.9. The van der Waals surface area contributed by atoms with Gasteiger partial charge in [-0.1, -0.05) is 6.07 Å². The van der Waals surface area contributed by atoms with Crippen molar-refractivity contribution in [1.29, 1.82) is 0 Å². The van der Waals surface area contributed by atoms with Crippen LogP contribution in [-0.4, -0.2) is 24.7 Å². The van der Waals surface area contributed by atoms with Crippen LogP contribution in [0.5, 0.6) is 0 Å². The van der Waals surface area contributed by atoms with E-state index in [1.54, 1.807) is 19.1 Å². The highest BCUT2D eigenvalue weighted by atomic mass is 19.2. The Morgan fingerprint density at radius 3 is 2.26 bits per heavy atom. The first-order chi connectivity index (χ1) is 13.0. The van der Waals surface area contributed by atoms with Gasteiger partial charge in [0.25, 0.3) is 5.91 Å². The molecule has 0 bridgehead atoms. The number of rotatable bonds is 4. The first kappa shape index (κ1) is 18.9. The van der Waals surface area contributed by atoms with E-state index in [9.17, 15) is 18.0 Å². The Hall–Kier alpha value is -2.83. The summed E-state index contributed by atoms with van der Waals surface area (Å²) in [6.45, 7) is 3.31. The SMILES string of the molecule is C/C(=N/NC(=O)c1ccc(F)c(F)c1)c1ccc(N2CCCCC2)c(F)c1. The van der Waals surface area contributed by atoms with E-state index in [2.05, 4.69) is 10.5 Å². The van der Waals surface area contributed by atoms with Crippen molar-refractivity contribution < 1.29 is 18.0 Å². The highest BCUT2D eigenvalue weighted by Gasteiger charge is 2.15. The Morgan fingerprint density at radius 2 is 1.59 bits per heavy atom. The van der Waals surface area contributed by atoms with Crippen molar-refractivity contribution in [3.05, 3.63) is 65.0 Å². The molecule has 1 N–H and O–H groups in total. The van der Waals surface area contributed by atoms with Crippen LogP contribution in [0.4, 0.5) is 18.9 Å². The van der Waals surface area contributed by atoms with Gasteiger partial charge < -0.3 is 4.90 Å². The third-order valence-electron chi connectivity index (χ3n) is 4.57. The minimum absolute atomic E-state index is 0.0583. The Kier molecular flexibility index (Phi) is 5.78. The highest BCUT2D eigenvalue weighted by molar-refractivity contribution is 6.01. The second-order valence-corrected chi connectivity index (χ2v) is 6.48. The van der Waals surface area contributed by atoms with Gasteiger partial charge in [-0.25, -0.2) is 18.6 Å². The number of halogens is 3. The number of nitrogens with one attached hydrogen (secondary N) is 1. The lowest BCUT2D eigenvalue weighted by atomic mass is 10.1. The molecule has 0 aliphatic carbocycles. The van der Waals surface area contributed by atoms with Crippen molar-refractivity contribution in [2.75, 3.05) is 18.0 Å². The van der Waals surface area contributed by atoms with E-state index in [0.29, 0.717) is 17.0 Å². The van der Waals surface area contributed by atoms with Gasteiger partial charge in [0.05, 0.1) is 11.4 Å². The smallest absolute Gasteiger partial charge is 0.271 e. The maximum Gasteiger partial charge on any atom is 0.271 e. The molecule has 1 saturated heterocycles. The fraction of sp³-hybridized carbons (Fsp3) is 0.300. The van der Waals surface area contributed by atoms with Crippen molar-refractivity contribution >= 4 is 17.3 Å². The monoisotopic (exact) mass is 375 g/mol. The summed E-state index contributed by atoms with van der Waals surface area (Å²) in [5.74, 6) is -3.16. The van der Waals surface area contributed by atoms with Crippen LogP contribution >= 0.6 is 0 Å². The number of hydrogen-bond acceptors (Lipinski definition) is 3. The number of nitrogens with zero attached hydrogens (tertiary/aromatic N) is 2. The van der Waals surface area contributed by atoms with Gasteiger partial charge >= 0.3 is 0 Å². The fourth-order valence-electron chi connectivity index (χ4n) is 3.02. The molecule has 0 atom stereocenters. The van der Waals surface area contributed by atoms with Crippen molar-refractivity contribution in [3.63, 3.8) is 0 Å². The van der Waals surface area contributed by atoms with Crippen molar-refractivity contribution in [2.24, 2.45) is 5.10 Å². The summed E-state index contributed by atoms with van der Waals surface area (Å²) in [6, 6.07) is 7.66. The summed E-state index contributed by atoms with van der Waals surface area (Å²) in [5.41, 5.74) is 3.70. The summed E-state index contributed by atoms with van der Waals surface area (Å²) in [7, 11) is 0. The average molecular weight is 375 g/mol. The molecule has 0 aromatic heterocycles. The highest BCUT2D eigenvalue weighted by Crippen LogP contribution is 2.24. The molecule has 2 aromatic rings. The maximum absolute atomic E-state index is 14.5. The first-order valence-electron chi connectivity index (χ1n) is 8.80. The summed E-state index contributed by atoms with van der Waals surface area (Å²) in [6.07, 6.45) is 3.27. The largest absolute Gasteiger partial charge is 0.369 e. The number of benzene rings is 2. The quantitative estimate of drug-likeness (QED) is 0.641. The van der Waals surface area contributed by atoms with Gasteiger partial charge in [0.1, 0.15) is 5.82 Å². The lowest BCUT2D eigenvalue weighted by Crippen LogP contribution is -2.30. The molecule has 1 heterocycles. The third-order valence-corrected chi connectivity index (χ3v) is 4.57. The molecule has 1 aliphatic heterocycles. The Labute approximate surface area is 155 Å². The molecule has 1 aliphatic rings. The van der Waals surface area contributed by atoms with Gasteiger partial charge in [-0.2, -0.15) is 5.10 Å². The minimum Gasteiger partial charge on any atom is -0.369 e. The van der Waals surface area contributed by atoms with Crippen LogP contribution < -0.4 is 10.3 Å². The molecule has 0 spiro atoms. The van der Waals surface area contributed by atoms with E-state index < -0.39 is 17.5 Å². The number of piperidine rings is 1. The van der Waals surface area contributed by atoms with Crippen LogP contribution in [0.3, 0.4) is 0 Å². The first-order valence-corrected chi connectivity index (χ1v) is 8.80. The summed E-state index contributed by atoms with van der Waals surface area (Å²) in [4.78, 5) is 14.0. The predicted octanol–water partition coefficient (Wildman–Crippen LogP) is 4.25. The minimum atomic E-state index is -1.11. The third kappa shape index (κ3) is 4.48. The molecular weight excluding hydrogens is 355 g/mol. The topological polar surface area (TPSA) is 44.7 Å². The van der Waals surface area contributed by atoms with Crippen molar-refractivity contribution in [2.45, 2.75) is 26.2 Å². The van der Waals surface area contributed by atoms with Crippen LogP contribution in [0.15, 0.2) is 41.5 Å². The lowest BCUT2D eigenvalue weighted by Gasteiger charge is -2.29. The summed E-state index contributed by atoms with van der Waals surface area (Å²) < 4.78 is 40.6. The second kappa shape index (κ2) is 8.24. The van der Waals surface area contributed by atoms with E-state index in [1.807, 2.05) is 4.90 Å². The van der Waals surface area contributed by atoms with Crippen molar-refractivity contribution in [3.8, 4) is 0 Å². The molecule has 3 rings (SSSR count). The second-order valence-electron chi connectivity index (χ2n) is 6.48. The summed E-state index contributed by atoms with van der Waals surface area (Å²) >= 11 is 0. The van der Waals surface area contributed by atoms with Crippen LogP contribution in [0.2, 0.25) is 0 Å². The lowest BCUT2D eigenvalue weighted by molar-refractivity contribution is 0.0954. The van der Waals surface area contributed by atoms with Gasteiger partial charge in [-0.15, -0.1) is 0 Å². The standard InChI is InChI=1S/C20H20F3N3O/c1-13(24-25-20(27)15-5-7-16(21)17(22)12-15)14-6-8-19(18(23)11-14)26-9-3-2-4-10-26/h5-8,11-12H,2-4,9-10H2,1H3,(H,25,27)/b24-13-. The van der Waals surface area contributed by atoms with E-state index >= 15 is 0 Å². The molecule has 1 amide bonds. The molecule has 0 radical (unpaired) electrons. The van der Waals surface area contributed by atoms with E-state index in [1.165, 1.54) is 12.5 Å². The molecule has 2 aromatic carbocycles. The zero-order chi connectivity index (χ0) is 19.4. The van der Waals surface area contributed by atoms with Gasteiger partial charge in [0, 0.05) is 24.2 Å². The predicted molar refractivity (Wildman–Crippen MR) is 98.5 cm³/mol. The molecule has 0 unspecified atom stereocenters.